The lowest BCUT2D eigenvalue weighted by atomic mass is 10.1. The lowest BCUT2D eigenvalue weighted by Gasteiger charge is -2.10. The van der Waals surface area contributed by atoms with Crippen LogP contribution in [0.1, 0.15) is 0 Å². The molecule has 0 amide bonds. The fraction of sp³-hybridized carbons (Fsp3) is 0.0769. The Kier molecular flexibility index (Phi) is 4.13. The van der Waals surface area contributed by atoms with Gasteiger partial charge in [0.15, 0.2) is 0 Å². The van der Waals surface area contributed by atoms with E-state index in [0.29, 0.717) is 5.02 Å². The largest absolute Gasteiger partial charge is 0.497 e. The molecule has 0 atom stereocenters. The molecule has 2 aromatic rings. The van der Waals surface area contributed by atoms with Crippen molar-refractivity contribution in [1.82, 2.24) is 0 Å². The van der Waals surface area contributed by atoms with E-state index in [9.17, 15) is 0 Å². The van der Waals surface area contributed by atoms with E-state index < -0.39 is 0 Å². The first kappa shape index (κ1) is 12.9. The third-order valence-electron chi connectivity index (χ3n) is 2.41. The number of halogens is 3. The molecule has 0 bridgehead atoms. The lowest BCUT2D eigenvalue weighted by molar-refractivity contribution is 0.414. The van der Waals surface area contributed by atoms with Crippen LogP contribution in [0.2, 0.25) is 5.02 Å². The summed E-state index contributed by atoms with van der Waals surface area (Å²) in [7, 11) is 1.65. The molecule has 0 saturated carbocycles. The molecule has 4 heteroatoms. The summed E-state index contributed by atoms with van der Waals surface area (Å²) >= 11 is 13.3. The Morgan fingerprint density at radius 1 is 1.06 bits per heavy atom. The number of benzene rings is 2. The minimum absolute atomic E-state index is 0.713. The van der Waals surface area contributed by atoms with E-state index in [-0.39, 0.29) is 0 Å². The van der Waals surface area contributed by atoms with Gasteiger partial charge in [-0.3, -0.25) is 0 Å². The number of ether oxygens (including phenoxy) is 1. The van der Waals surface area contributed by atoms with Crippen molar-refractivity contribution in [1.29, 1.82) is 0 Å². The van der Waals surface area contributed by atoms with Crippen molar-refractivity contribution in [2.45, 2.75) is 0 Å². The molecule has 2 rings (SSSR count). The number of hydrogen-bond donors (Lipinski definition) is 0. The van der Waals surface area contributed by atoms with Crippen LogP contribution >= 0.6 is 43.5 Å². The standard InChI is InChI=1S/C13H9Br2ClO/c1-17-8-5-6-9(11(15)7-8)13-10(14)3-2-4-12(13)16/h2-7H,1H3. The summed E-state index contributed by atoms with van der Waals surface area (Å²) in [5.74, 6) is 0.809. The van der Waals surface area contributed by atoms with Gasteiger partial charge < -0.3 is 4.74 Å². The Morgan fingerprint density at radius 3 is 2.41 bits per heavy atom. The van der Waals surface area contributed by atoms with Crippen LogP contribution in [0.25, 0.3) is 11.1 Å². The molecule has 88 valence electrons. The third-order valence-corrected chi connectivity index (χ3v) is 4.04. The predicted octanol–water partition coefficient (Wildman–Crippen LogP) is 5.54. The molecule has 0 N–H and O–H groups in total. The summed E-state index contributed by atoms with van der Waals surface area (Å²) in [6.45, 7) is 0. The van der Waals surface area contributed by atoms with Crippen LogP contribution < -0.4 is 4.74 Å². The maximum Gasteiger partial charge on any atom is 0.120 e. The smallest absolute Gasteiger partial charge is 0.120 e. The molecular weight excluding hydrogens is 367 g/mol. The van der Waals surface area contributed by atoms with E-state index in [1.807, 2.05) is 36.4 Å². The van der Waals surface area contributed by atoms with Gasteiger partial charge >= 0.3 is 0 Å². The van der Waals surface area contributed by atoms with Gasteiger partial charge in [-0.1, -0.05) is 49.5 Å². The highest BCUT2D eigenvalue weighted by Gasteiger charge is 2.11. The van der Waals surface area contributed by atoms with Crippen molar-refractivity contribution in [3.8, 4) is 16.9 Å². The van der Waals surface area contributed by atoms with Crippen LogP contribution in [0.4, 0.5) is 0 Å². The van der Waals surface area contributed by atoms with Crippen LogP contribution in [0.5, 0.6) is 5.75 Å². The van der Waals surface area contributed by atoms with Gasteiger partial charge in [-0.05, 0) is 35.9 Å². The van der Waals surface area contributed by atoms with Crippen molar-refractivity contribution in [2.75, 3.05) is 7.11 Å². The molecule has 0 spiro atoms. The predicted molar refractivity (Wildman–Crippen MR) is 78.8 cm³/mol. The molecule has 0 aliphatic heterocycles. The normalized spacial score (nSPS) is 10.4. The Balaban J connectivity index is 2.61. The number of methoxy groups -OCH3 is 1. The minimum Gasteiger partial charge on any atom is -0.497 e. The zero-order chi connectivity index (χ0) is 12.4. The summed E-state index contributed by atoms with van der Waals surface area (Å²) in [6.07, 6.45) is 0. The van der Waals surface area contributed by atoms with Crippen molar-refractivity contribution >= 4 is 43.5 Å². The van der Waals surface area contributed by atoms with Crippen molar-refractivity contribution in [2.24, 2.45) is 0 Å². The Morgan fingerprint density at radius 2 is 1.82 bits per heavy atom. The fourth-order valence-corrected chi connectivity index (χ4v) is 3.11. The van der Waals surface area contributed by atoms with Gasteiger partial charge in [0.05, 0.1) is 7.11 Å². The SMILES string of the molecule is COc1ccc(-c2c(Cl)cccc2Br)c(Br)c1. The molecule has 0 aliphatic carbocycles. The zero-order valence-electron chi connectivity index (χ0n) is 9.01. The van der Waals surface area contributed by atoms with Crippen LogP contribution in [-0.2, 0) is 0 Å². The van der Waals surface area contributed by atoms with Crippen molar-refractivity contribution in [3.63, 3.8) is 0 Å². The van der Waals surface area contributed by atoms with Gasteiger partial charge in [0.1, 0.15) is 5.75 Å². The van der Waals surface area contributed by atoms with Gasteiger partial charge in [-0.15, -0.1) is 0 Å². The molecule has 2 aromatic carbocycles. The topological polar surface area (TPSA) is 9.23 Å². The third kappa shape index (κ3) is 2.67. The number of hydrogen-bond acceptors (Lipinski definition) is 1. The Labute approximate surface area is 122 Å². The van der Waals surface area contributed by atoms with Gasteiger partial charge in [-0.25, -0.2) is 0 Å². The molecule has 0 aliphatic rings. The maximum absolute atomic E-state index is 6.23. The van der Waals surface area contributed by atoms with E-state index in [4.69, 9.17) is 16.3 Å². The summed E-state index contributed by atoms with van der Waals surface area (Å²) in [5, 5.41) is 0.713. The van der Waals surface area contributed by atoms with E-state index in [1.54, 1.807) is 7.11 Å². The van der Waals surface area contributed by atoms with Crippen LogP contribution in [0, 0.1) is 0 Å². The molecule has 0 unspecified atom stereocenters. The molecule has 1 nitrogen and oxygen atoms in total. The molecule has 0 aromatic heterocycles. The molecule has 0 fully saturated rings. The first-order valence-corrected chi connectivity index (χ1v) is 6.88. The minimum atomic E-state index is 0.713. The van der Waals surface area contributed by atoms with E-state index in [1.165, 1.54) is 0 Å². The van der Waals surface area contributed by atoms with Gasteiger partial charge in [0.2, 0.25) is 0 Å². The van der Waals surface area contributed by atoms with Gasteiger partial charge in [0.25, 0.3) is 0 Å². The molecule has 17 heavy (non-hydrogen) atoms. The molecule has 0 saturated heterocycles. The first-order valence-electron chi connectivity index (χ1n) is 4.91. The monoisotopic (exact) mass is 374 g/mol. The quantitative estimate of drug-likeness (QED) is 0.669. The Hall–Kier alpha value is -0.510. The second kappa shape index (κ2) is 5.42. The lowest BCUT2D eigenvalue weighted by Crippen LogP contribution is -1.86. The van der Waals surface area contributed by atoms with E-state index in [0.717, 1.165) is 25.8 Å². The highest BCUT2D eigenvalue weighted by molar-refractivity contribution is 9.11. The molecular formula is C13H9Br2ClO. The molecule has 0 heterocycles. The van der Waals surface area contributed by atoms with E-state index in [2.05, 4.69) is 31.9 Å². The fourth-order valence-electron chi connectivity index (χ4n) is 1.58. The second-order valence-electron chi connectivity index (χ2n) is 3.44. The average Bonchev–Trinajstić information content (AvgIpc) is 2.30. The van der Waals surface area contributed by atoms with Crippen molar-refractivity contribution in [3.05, 3.63) is 50.4 Å². The second-order valence-corrected chi connectivity index (χ2v) is 5.56. The summed E-state index contributed by atoms with van der Waals surface area (Å²) in [5.41, 5.74) is 2.01. The van der Waals surface area contributed by atoms with E-state index >= 15 is 0 Å². The van der Waals surface area contributed by atoms with Crippen LogP contribution in [-0.4, -0.2) is 7.11 Å². The van der Waals surface area contributed by atoms with Gasteiger partial charge in [0, 0.05) is 19.5 Å². The highest BCUT2D eigenvalue weighted by Crippen LogP contribution is 2.39. The average molecular weight is 376 g/mol. The first-order chi connectivity index (χ1) is 8.13. The van der Waals surface area contributed by atoms with Gasteiger partial charge in [-0.2, -0.15) is 0 Å². The van der Waals surface area contributed by atoms with Crippen LogP contribution in [0.3, 0.4) is 0 Å². The Bertz CT molecular complexity index is 535. The summed E-state index contributed by atoms with van der Waals surface area (Å²) < 4.78 is 7.09. The highest BCUT2D eigenvalue weighted by atomic mass is 79.9. The van der Waals surface area contributed by atoms with Crippen molar-refractivity contribution < 1.29 is 4.74 Å². The number of rotatable bonds is 2. The summed E-state index contributed by atoms with van der Waals surface area (Å²) in [6, 6.07) is 11.6. The summed E-state index contributed by atoms with van der Waals surface area (Å²) in [4.78, 5) is 0. The maximum atomic E-state index is 6.23. The van der Waals surface area contributed by atoms with Crippen LogP contribution in [0.15, 0.2) is 45.3 Å². The zero-order valence-corrected chi connectivity index (χ0v) is 12.9. The molecule has 0 radical (unpaired) electrons.